The summed E-state index contributed by atoms with van der Waals surface area (Å²) in [5, 5.41) is 9.40. The summed E-state index contributed by atoms with van der Waals surface area (Å²) in [6.07, 6.45) is 22.9. The second-order valence-electron chi connectivity index (χ2n) is 8.53. The van der Waals surface area contributed by atoms with Crippen LogP contribution in [0.5, 0.6) is 0 Å². The standard InChI is InChI=1S/C26H49NO3/c1-4-7-8-9-10-11-12-13-14-15-16-17-18-19-20-21-22-24(26(29)30)23-25(28)27(5-2)6-3/h9-10,24H,4-8,11-23H2,1-3H3,(H,29,30)/b10-9+. The van der Waals surface area contributed by atoms with Crippen LogP contribution in [0.4, 0.5) is 0 Å². The molecule has 0 bridgehead atoms. The van der Waals surface area contributed by atoms with E-state index in [1.165, 1.54) is 77.0 Å². The average Bonchev–Trinajstić information content (AvgIpc) is 2.73. The van der Waals surface area contributed by atoms with Crippen LogP contribution in [-0.4, -0.2) is 35.0 Å². The number of allylic oxidation sites excluding steroid dienone is 2. The lowest BCUT2D eigenvalue weighted by Crippen LogP contribution is -2.33. The lowest BCUT2D eigenvalue weighted by Gasteiger charge is -2.21. The number of rotatable bonds is 21. The number of hydrogen-bond donors (Lipinski definition) is 1. The van der Waals surface area contributed by atoms with Gasteiger partial charge in [-0.1, -0.05) is 89.7 Å². The van der Waals surface area contributed by atoms with Crippen molar-refractivity contribution in [2.75, 3.05) is 13.1 Å². The van der Waals surface area contributed by atoms with Gasteiger partial charge >= 0.3 is 5.97 Å². The second kappa shape index (κ2) is 20.9. The summed E-state index contributed by atoms with van der Waals surface area (Å²) in [6.45, 7) is 7.41. The summed E-state index contributed by atoms with van der Waals surface area (Å²) >= 11 is 0. The number of carboxylic acid groups (broad SMARTS) is 1. The molecule has 0 fully saturated rings. The zero-order chi connectivity index (χ0) is 22.5. The van der Waals surface area contributed by atoms with Gasteiger partial charge in [-0.15, -0.1) is 0 Å². The first-order valence-corrected chi connectivity index (χ1v) is 12.7. The van der Waals surface area contributed by atoms with Gasteiger partial charge in [0.25, 0.3) is 0 Å². The molecule has 0 aliphatic heterocycles. The summed E-state index contributed by atoms with van der Waals surface area (Å²) in [6, 6.07) is 0. The Morgan fingerprint density at radius 1 is 0.733 bits per heavy atom. The molecule has 0 saturated heterocycles. The van der Waals surface area contributed by atoms with E-state index in [-0.39, 0.29) is 12.3 Å². The largest absolute Gasteiger partial charge is 0.481 e. The number of nitrogens with zero attached hydrogens (tertiary/aromatic N) is 1. The lowest BCUT2D eigenvalue weighted by atomic mass is 9.96. The predicted octanol–water partition coefficient (Wildman–Crippen LogP) is 7.37. The zero-order valence-corrected chi connectivity index (χ0v) is 20.2. The second-order valence-corrected chi connectivity index (χ2v) is 8.53. The zero-order valence-electron chi connectivity index (χ0n) is 20.2. The molecule has 0 aliphatic rings. The van der Waals surface area contributed by atoms with Gasteiger partial charge < -0.3 is 10.0 Å². The first kappa shape index (κ1) is 28.7. The van der Waals surface area contributed by atoms with Crippen LogP contribution in [0, 0.1) is 5.92 Å². The van der Waals surface area contributed by atoms with Crippen LogP contribution < -0.4 is 0 Å². The van der Waals surface area contributed by atoms with Gasteiger partial charge in [-0.25, -0.2) is 0 Å². The number of aliphatic carboxylic acids is 1. The molecule has 0 spiro atoms. The Hall–Kier alpha value is -1.32. The topological polar surface area (TPSA) is 57.6 Å². The molecule has 0 heterocycles. The van der Waals surface area contributed by atoms with Gasteiger partial charge in [0.05, 0.1) is 5.92 Å². The molecule has 0 aromatic rings. The van der Waals surface area contributed by atoms with Gasteiger partial charge in [-0.05, 0) is 39.5 Å². The molecule has 4 nitrogen and oxygen atoms in total. The van der Waals surface area contributed by atoms with Crippen LogP contribution in [0.3, 0.4) is 0 Å². The van der Waals surface area contributed by atoms with Crippen molar-refractivity contribution >= 4 is 11.9 Å². The van der Waals surface area contributed by atoms with Crippen LogP contribution in [0.15, 0.2) is 12.2 Å². The molecule has 0 radical (unpaired) electrons. The minimum atomic E-state index is -0.827. The van der Waals surface area contributed by atoms with E-state index in [1.54, 1.807) is 4.90 Å². The fourth-order valence-corrected chi connectivity index (χ4v) is 3.85. The van der Waals surface area contributed by atoms with Crippen molar-refractivity contribution in [3.05, 3.63) is 12.2 Å². The number of unbranched alkanes of at least 4 members (excludes halogenated alkanes) is 12. The summed E-state index contributed by atoms with van der Waals surface area (Å²) < 4.78 is 0. The SMILES string of the molecule is CCCC/C=C/CCCCCCCCCCCCC(CC(=O)N(CC)CC)C(=O)O. The molecule has 176 valence electrons. The molecule has 1 N–H and O–H groups in total. The maximum atomic E-state index is 12.2. The lowest BCUT2D eigenvalue weighted by molar-refractivity contribution is -0.146. The normalized spacial score (nSPS) is 12.4. The molecule has 30 heavy (non-hydrogen) atoms. The number of carboxylic acids is 1. The number of carbonyl (C=O) groups is 2. The van der Waals surface area contributed by atoms with E-state index in [9.17, 15) is 14.7 Å². The van der Waals surface area contributed by atoms with Crippen molar-refractivity contribution in [1.29, 1.82) is 0 Å². The third-order valence-electron chi connectivity index (χ3n) is 5.95. The molecule has 1 atom stereocenters. The summed E-state index contributed by atoms with van der Waals surface area (Å²) in [4.78, 5) is 25.3. The van der Waals surface area contributed by atoms with Gasteiger partial charge in [-0.3, -0.25) is 9.59 Å². The fourth-order valence-electron chi connectivity index (χ4n) is 3.85. The molecule has 0 aliphatic carbocycles. The highest BCUT2D eigenvalue weighted by Gasteiger charge is 2.22. The van der Waals surface area contributed by atoms with Crippen LogP contribution in [0.2, 0.25) is 0 Å². The Labute approximate surface area is 186 Å². The van der Waals surface area contributed by atoms with Crippen LogP contribution in [0.1, 0.15) is 124 Å². The van der Waals surface area contributed by atoms with Crippen LogP contribution >= 0.6 is 0 Å². The molecule has 1 amide bonds. The molecule has 0 saturated carbocycles. The van der Waals surface area contributed by atoms with Crippen LogP contribution in [-0.2, 0) is 9.59 Å². The van der Waals surface area contributed by atoms with Crippen molar-refractivity contribution in [2.24, 2.45) is 5.92 Å². The predicted molar refractivity (Wildman–Crippen MR) is 128 cm³/mol. The highest BCUT2D eigenvalue weighted by Crippen LogP contribution is 2.18. The van der Waals surface area contributed by atoms with E-state index >= 15 is 0 Å². The minimum absolute atomic E-state index is 0.0279. The average molecular weight is 424 g/mol. The highest BCUT2D eigenvalue weighted by molar-refractivity contribution is 5.82. The molecule has 0 aromatic heterocycles. The molecule has 1 unspecified atom stereocenters. The van der Waals surface area contributed by atoms with E-state index in [2.05, 4.69) is 19.1 Å². The van der Waals surface area contributed by atoms with Gasteiger partial charge in [-0.2, -0.15) is 0 Å². The Kier molecular flexibility index (Phi) is 20.0. The Morgan fingerprint density at radius 2 is 1.20 bits per heavy atom. The van der Waals surface area contributed by atoms with E-state index in [0.717, 1.165) is 12.8 Å². The monoisotopic (exact) mass is 423 g/mol. The van der Waals surface area contributed by atoms with E-state index in [1.807, 2.05) is 13.8 Å². The molecular weight excluding hydrogens is 374 g/mol. The Balaban J connectivity index is 3.59. The summed E-state index contributed by atoms with van der Waals surface area (Å²) in [7, 11) is 0. The first-order valence-electron chi connectivity index (χ1n) is 12.7. The number of amides is 1. The van der Waals surface area contributed by atoms with Crippen molar-refractivity contribution in [1.82, 2.24) is 4.90 Å². The minimum Gasteiger partial charge on any atom is -0.481 e. The van der Waals surface area contributed by atoms with Gasteiger partial charge in [0, 0.05) is 19.5 Å². The number of hydrogen-bond acceptors (Lipinski definition) is 2. The maximum Gasteiger partial charge on any atom is 0.307 e. The molecule has 0 rings (SSSR count). The molecule has 4 heteroatoms. The highest BCUT2D eigenvalue weighted by atomic mass is 16.4. The maximum absolute atomic E-state index is 12.2. The van der Waals surface area contributed by atoms with E-state index in [0.29, 0.717) is 19.5 Å². The smallest absolute Gasteiger partial charge is 0.307 e. The van der Waals surface area contributed by atoms with Gasteiger partial charge in [0.2, 0.25) is 5.91 Å². The van der Waals surface area contributed by atoms with Crippen molar-refractivity contribution in [3.8, 4) is 0 Å². The Bertz CT molecular complexity index is 444. The third-order valence-corrected chi connectivity index (χ3v) is 5.95. The van der Waals surface area contributed by atoms with E-state index < -0.39 is 11.9 Å². The third kappa shape index (κ3) is 16.5. The first-order chi connectivity index (χ1) is 14.6. The van der Waals surface area contributed by atoms with E-state index in [4.69, 9.17) is 0 Å². The summed E-state index contributed by atoms with van der Waals surface area (Å²) in [5.74, 6) is -1.38. The molecule has 0 aromatic carbocycles. The van der Waals surface area contributed by atoms with Crippen molar-refractivity contribution in [3.63, 3.8) is 0 Å². The molecular formula is C26H49NO3. The summed E-state index contributed by atoms with van der Waals surface area (Å²) in [5.41, 5.74) is 0. The van der Waals surface area contributed by atoms with Crippen LogP contribution in [0.25, 0.3) is 0 Å². The quantitative estimate of drug-likeness (QED) is 0.155. The number of carbonyl (C=O) groups excluding carboxylic acids is 1. The fraction of sp³-hybridized carbons (Fsp3) is 0.846. The van der Waals surface area contributed by atoms with Gasteiger partial charge in [0.1, 0.15) is 0 Å². The van der Waals surface area contributed by atoms with Crippen molar-refractivity contribution in [2.45, 2.75) is 124 Å². The van der Waals surface area contributed by atoms with Crippen molar-refractivity contribution < 1.29 is 14.7 Å². The Morgan fingerprint density at radius 3 is 1.67 bits per heavy atom. The van der Waals surface area contributed by atoms with Gasteiger partial charge in [0.15, 0.2) is 0 Å².